The monoisotopic (exact) mass is 519 g/mol. The summed E-state index contributed by atoms with van der Waals surface area (Å²) in [4.78, 5) is 18.5. The number of aryl methyl sites for hydroxylation is 1. The zero-order valence-electron chi connectivity index (χ0n) is 21.1. The van der Waals surface area contributed by atoms with Crippen molar-refractivity contribution in [2.75, 3.05) is 25.2 Å². The number of fused-ring (bicyclic) bond motifs is 1. The second kappa shape index (κ2) is 11.0. The van der Waals surface area contributed by atoms with Gasteiger partial charge in [-0.15, -0.1) is 0 Å². The number of amides is 1. The average molecular weight is 520 g/mol. The van der Waals surface area contributed by atoms with Crippen molar-refractivity contribution in [3.63, 3.8) is 0 Å². The van der Waals surface area contributed by atoms with E-state index in [1.807, 2.05) is 18.2 Å². The van der Waals surface area contributed by atoms with E-state index in [-0.39, 0.29) is 12.3 Å². The summed E-state index contributed by atoms with van der Waals surface area (Å²) >= 11 is 0. The van der Waals surface area contributed by atoms with Crippen molar-refractivity contribution in [1.82, 2.24) is 20.1 Å². The molecule has 0 bridgehead atoms. The van der Waals surface area contributed by atoms with Crippen LogP contribution in [0.25, 0.3) is 0 Å². The Labute approximate surface area is 220 Å². The number of likely N-dealkylation sites (N-methyl/N-ethyl adjacent to an activating group) is 1. The summed E-state index contributed by atoms with van der Waals surface area (Å²) in [6.07, 6.45) is 5.63. The molecule has 0 saturated carbocycles. The summed E-state index contributed by atoms with van der Waals surface area (Å²) in [7, 11) is 1.70. The molecule has 10 heteroatoms. The first-order valence-corrected chi connectivity index (χ1v) is 12.6. The SMILES string of the molecule is CN1C(=O)[C@@H](NC(O)n2cc(Cc3cccnc3F)cn2)CCc2ccc(C#CC3(O)CCOCC3)cc21. The number of rotatable bonds is 5. The molecule has 9 nitrogen and oxygen atoms in total. The van der Waals surface area contributed by atoms with Crippen LogP contribution in [0.2, 0.25) is 0 Å². The van der Waals surface area contributed by atoms with E-state index >= 15 is 0 Å². The van der Waals surface area contributed by atoms with Crippen molar-refractivity contribution < 1.29 is 24.1 Å². The molecule has 3 aromatic rings. The average Bonchev–Trinajstić information content (AvgIpc) is 3.36. The molecule has 0 radical (unpaired) electrons. The molecule has 2 aromatic heterocycles. The topological polar surface area (TPSA) is 113 Å². The van der Waals surface area contributed by atoms with Crippen molar-refractivity contribution in [3.8, 4) is 11.8 Å². The highest BCUT2D eigenvalue weighted by Gasteiger charge is 2.30. The lowest BCUT2D eigenvalue weighted by Crippen LogP contribution is -2.47. The van der Waals surface area contributed by atoms with Gasteiger partial charge in [0.05, 0.1) is 25.5 Å². The van der Waals surface area contributed by atoms with E-state index in [1.54, 1.807) is 36.5 Å². The number of aromatic nitrogens is 3. The number of nitrogens with one attached hydrogen (secondary N) is 1. The lowest BCUT2D eigenvalue weighted by Gasteiger charge is -2.26. The normalized spacial score (nSPS) is 19.7. The number of aliphatic hydroxyl groups excluding tert-OH is 1. The molecular weight excluding hydrogens is 489 g/mol. The van der Waals surface area contributed by atoms with Gasteiger partial charge in [0, 0.05) is 55.5 Å². The molecule has 1 unspecified atom stereocenters. The molecule has 1 saturated heterocycles. The Balaban J connectivity index is 1.26. The molecule has 1 aromatic carbocycles. The summed E-state index contributed by atoms with van der Waals surface area (Å²) in [6.45, 7) is 0.964. The lowest BCUT2D eigenvalue weighted by atomic mass is 9.94. The van der Waals surface area contributed by atoms with Crippen molar-refractivity contribution >= 4 is 11.6 Å². The number of anilines is 1. The molecule has 0 spiro atoms. The maximum absolute atomic E-state index is 13.9. The van der Waals surface area contributed by atoms with Crippen LogP contribution in [0.4, 0.5) is 10.1 Å². The second-order valence-corrected chi connectivity index (χ2v) is 9.73. The highest BCUT2D eigenvalue weighted by atomic mass is 19.1. The Morgan fingerprint density at radius 2 is 2.13 bits per heavy atom. The highest BCUT2D eigenvalue weighted by Crippen LogP contribution is 2.28. The van der Waals surface area contributed by atoms with Crippen LogP contribution in [0, 0.1) is 17.8 Å². The fourth-order valence-electron chi connectivity index (χ4n) is 4.75. The summed E-state index contributed by atoms with van der Waals surface area (Å²) in [5.74, 6) is 5.30. The number of nitrogens with zero attached hydrogens (tertiary/aromatic N) is 4. The highest BCUT2D eigenvalue weighted by molar-refractivity contribution is 5.98. The molecule has 4 heterocycles. The van der Waals surface area contributed by atoms with Crippen LogP contribution in [-0.2, 0) is 22.4 Å². The van der Waals surface area contributed by atoms with E-state index in [9.17, 15) is 19.4 Å². The van der Waals surface area contributed by atoms with Gasteiger partial charge in [-0.3, -0.25) is 10.1 Å². The quantitative estimate of drug-likeness (QED) is 0.268. The zero-order chi connectivity index (χ0) is 26.7. The lowest BCUT2D eigenvalue weighted by molar-refractivity contribution is -0.122. The van der Waals surface area contributed by atoms with Gasteiger partial charge >= 0.3 is 0 Å². The van der Waals surface area contributed by atoms with E-state index in [2.05, 4.69) is 27.2 Å². The number of carbonyl (C=O) groups is 1. The van der Waals surface area contributed by atoms with Crippen molar-refractivity contribution in [2.24, 2.45) is 0 Å². The summed E-state index contributed by atoms with van der Waals surface area (Å²) in [6, 6.07) is 8.37. The van der Waals surface area contributed by atoms with Crippen LogP contribution in [0.3, 0.4) is 0 Å². The molecule has 5 rings (SSSR count). The predicted octanol–water partition coefficient (Wildman–Crippen LogP) is 1.92. The predicted molar refractivity (Wildman–Crippen MR) is 137 cm³/mol. The van der Waals surface area contributed by atoms with E-state index in [0.717, 1.165) is 11.3 Å². The number of benzene rings is 1. The molecular formula is C28H30FN5O4. The molecule has 2 aliphatic rings. The van der Waals surface area contributed by atoms with Crippen molar-refractivity contribution in [3.05, 3.63) is 77.1 Å². The number of hydrogen-bond acceptors (Lipinski definition) is 7. The van der Waals surface area contributed by atoms with Crippen LogP contribution in [-0.4, -0.2) is 62.8 Å². The Hall–Kier alpha value is -3.62. The van der Waals surface area contributed by atoms with E-state index in [0.29, 0.717) is 55.6 Å². The van der Waals surface area contributed by atoms with Gasteiger partial charge in [0.1, 0.15) is 5.60 Å². The molecule has 0 aliphatic carbocycles. The minimum absolute atomic E-state index is 0.194. The summed E-state index contributed by atoms with van der Waals surface area (Å²) in [5.41, 5.74) is 2.53. The second-order valence-electron chi connectivity index (χ2n) is 9.73. The van der Waals surface area contributed by atoms with Gasteiger partial charge in [-0.1, -0.05) is 24.0 Å². The van der Waals surface area contributed by atoms with Crippen LogP contribution in [0.5, 0.6) is 0 Å². The van der Waals surface area contributed by atoms with Gasteiger partial charge in [0.2, 0.25) is 18.2 Å². The van der Waals surface area contributed by atoms with Gasteiger partial charge in [-0.05, 0) is 42.2 Å². The number of halogens is 1. The molecule has 2 atom stereocenters. The zero-order valence-corrected chi connectivity index (χ0v) is 21.1. The Bertz CT molecular complexity index is 1370. The van der Waals surface area contributed by atoms with Gasteiger partial charge < -0.3 is 19.8 Å². The fraction of sp³-hybridized carbons (Fsp3) is 0.393. The van der Waals surface area contributed by atoms with E-state index in [1.165, 1.54) is 10.9 Å². The number of carbonyl (C=O) groups excluding carboxylic acids is 1. The first-order chi connectivity index (χ1) is 18.3. The fourth-order valence-corrected chi connectivity index (χ4v) is 4.75. The number of aliphatic hydroxyl groups is 2. The van der Waals surface area contributed by atoms with Crippen molar-refractivity contribution in [1.29, 1.82) is 0 Å². The molecule has 198 valence electrons. The standard InChI is InChI=1S/C28H30FN5O4/c1-33-24-16-19(8-9-28(37)10-13-38-14-11-28)4-5-21(24)6-7-23(26(33)35)32-27(36)34-18-20(17-31-34)15-22-3-2-12-30-25(22)29/h2-5,12,16-18,23,27,32,36-37H,6-7,10-11,13-15H2,1H3/t23-,27?/m0/s1. The maximum Gasteiger partial charge on any atom is 0.244 e. The maximum atomic E-state index is 13.9. The van der Waals surface area contributed by atoms with Crippen molar-refractivity contribution in [2.45, 2.75) is 50.1 Å². The van der Waals surface area contributed by atoms with E-state index in [4.69, 9.17) is 4.74 Å². The van der Waals surface area contributed by atoms with Crippen LogP contribution in [0.15, 0.2) is 48.9 Å². The minimum atomic E-state index is -1.24. The van der Waals surface area contributed by atoms with Gasteiger partial charge in [0.15, 0.2) is 0 Å². The third kappa shape index (κ3) is 5.76. The Morgan fingerprint density at radius 1 is 1.32 bits per heavy atom. The molecule has 2 aliphatic heterocycles. The molecule has 3 N–H and O–H groups in total. The first kappa shape index (κ1) is 26.0. The van der Waals surface area contributed by atoms with E-state index < -0.39 is 23.9 Å². The summed E-state index contributed by atoms with van der Waals surface area (Å²) in [5, 5.41) is 28.6. The van der Waals surface area contributed by atoms with Gasteiger partial charge in [-0.25, -0.2) is 9.67 Å². The third-order valence-corrected chi connectivity index (χ3v) is 7.02. The van der Waals surface area contributed by atoms with Gasteiger partial charge in [0.25, 0.3) is 0 Å². The van der Waals surface area contributed by atoms with Crippen LogP contribution >= 0.6 is 0 Å². The number of pyridine rings is 1. The number of ether oxygens (including phenoxy) is 1. The summed E-state index contributed by atoms with van der Waals surface area (Å²) < 4.78 is 20.5. The Kier molecular flexibility index (Phi) is 7.53. The largest absolute Gasteiger partial charge is 0.381 e. The number of hydrogen-bond donors (Lipinski definition) is 3. The Morgan fingerprint density at radius 3 is 2.92 bits per heavy atom. The van der Waals surface area contributed by atoms with Crippen LogP contribution in [0.1, 0.15) is 47.9 Å². The van der Waals surface area contributed by atoms with Gasteiger partial charge in [-0.2, -0.15) is 9.49 Å². The molecule has 1 amide bonds. The smallest absolute Gasteiger partial charge is 0.244 e. The minimum Gasteiger partial charge on any atom is -0.381 e. The molecule has 38 heavy (non-hydrogen) atoms. The van der Waals surface area contributed by atoms with Crippen LogP contribution < -0.4 is 10.2 Å². The third-order valence-electron chi connectivity index (χ3n) is 7.02. The molecule has 1 fully saturated rings. The first-order valence-electron chi connectivity index (χ1n) is 12.6.